The highest BCUT2D eigenvalue weighted by Crippen LogP contribution is 2.53. The number of hydrogen-bond donors (Lipinski definition) is 2. The second-order valence-corrected chi connectivity index (χ2v) is 15.0. The maximum Gasteiger partial charge on any atom is 0.125 e. The number of hydrogen-bond acceptors (Lipinski definition) is 3. The van der Waals surface area contributed by atoms with E-state index in [4.69, 9.17) is 4.99 Å². The van der Waals surface area contributed by atoms with Gasteiger partial charge in [0.05, 0.1) is 0 Å². The number of rotatable bonds is 5. The highest BCUT2D eigenvalue weighted by molar-refractivity contribution is 5.90. The van der Waals surface area contributed by atoms with Crippen molar-refractivity contribution >= 4 is 17.0 Å². The molecule has 3 aromatic rings. The Morgan fingerprint density at radius 2 is 1.71 bits per heavy atom. The highest BCUT2D eigenvalue weighted by atomic mass is 15.3. The van der Waals surface area contributed by atoms with Crippen molar-refractivity contribution in [2.24, 2.45) is 22.7 Å². The van der Waals surface area contributed by atoms with Crippen LogP contribution in [-0.4, -0.2) is 12.0 Å². The Hall–Kier alpha value is -4.47. The van der Waals surface area contributed by atoms with Crippen LogP contribution in [0.2, 0.25) is 0 Å². The molecule has 3 nitrogen and oxygen atoms in total. The Kier molecular flexibility index (Phi) is 8.17. The van der Waals surface area contributed by atoms with Gasteiger partial charge >= 0.3 is 0 Å². The summed E-state index contributed by atoms with van der Waals surface area (Å²) >= 11 is 0. The fourth-order valence-corrected chi connectivity index (χ4v) is 9.33. The average Bonchev–Trinajstić information content (AvgIpc) is 3.18. The maximum atomic E-state index is 5.34. The summed E-state index contributed by atoms with van der Waals surface area (Å²) in [6, 6.07) is 29.4. The molecular formula is C46H47N3. The molecule has 49 heavy (non-hydrogen) atoms. The highest BCUT2D eigenvalue weighted by Gasteiger charge is 2.38. The molecule has 3 heteroatoms. The SMILES string of the molecule is C[C@@H]1C=CC2C3=C(C=CC(c4cccc(C5=CC(C6=NC(C7=CC=CCC7)NC(c7ccccc7)N6)CCC5)c4)C3)c3ccccc3C2C1. The van der Waals surface area contributed by atoms with Crippen molar-refractivity contribution < 1.29 is 0 Å². The third-order valence-corrected chi connectivity index (χ3v) is 11.9. The monoisotopic (exact) mass is 641 g/mol. The first kappa shape index (κ1) is 30.6. The standard InChI is InChI=1S/C46H47N3/c1-30-22-24-41-42(26-30)39-21-9-8-20-38(39)40-25-23-36(29-43(40)41)34-17-10-16-33(27-34)35-18-11-19-37(28-35)46-48-44(31-12-4-2-5-13-31)47-45(49-46)32-14-6-3-7-15-32/h2-6,8-10,12-14,16-17,20-25,27-28,30,36-37,41-42,44-45,47H,7,11,15,18-19,26,29H2,1H3,(H,48,49)/t30-,36?,37?,41?,42?,44?,45?/m1/s1. The van der Waals surface area contributed by atoms with Crippen molar-refractivity contribution in [2.75, 3.05) is 0 Å². The van der Waals surface area contributed by atoms with Gasteiger partial charge in [0.1, 0.15) is 18.2 Å². The quantitative estimate of drug-likeness (QED) is 0.272. The second-order valence-electron chi connectivity index (χ2n) is 15.0. The summed E-state index contributed by atoms with van der Waals surface area (Å²) in [5, 5.41) is 7.64. The number of fused-ring (bicyclic) bond motifs is 5. The molecule has 0 saturated carbocycles. The molecule has 5 aliphatic carbocycles. The van der Waals surface area contributed by atoms with E-state index >= 15 is 0 Å². The van der Waals surface area contributed by atoms with Crippen LogP contribution in [0.25, 0.3) is 11.1 Å². The molecule has 0 amide bonds. The van der Waals surface area contributed by atoms with Gasteiger partial charge in [-0.25, -0.2) is 4.99 Å². The van der Waals surface area contributed by atoms with Crippen LogP contribution < -0.4 is 10.6 Å². The first-order valence-electron chi connectivity index (χ1n) is 18.7. The van der Waals surface area contributed by atoms with E-state index in [-0.39, 0.29) is 18.2 Å². The van der Waals surface area contributed by atoms with E-state index in [1.54, 1.807) is 11.1 Å². The first-order valence-corrected chi connectivity index (χ1v) is 18.7. The Labute approximate surface area is 292 Å². The van der Waals surface area contributed by atoms with Gasteiger partial charge in [0, 0.05) is 17.8 Å². The van der Waals surface area contributed by atoms with E-state index in [9.17, 15) is 0 Å². The van der Waals surface area contributed by atoms with Gasteiger partial charge in [0.25, 0.3) is 0 Å². The van der Waals surface area contributed by atoms with Crippen LogP contribution in [0.4, 0.5) is 0 Å². The van der Waals surface area contributed by atoms with Crippen molar-refractivity contribution in [3.63, 3.8) is 0 Å². The molecule has 0 bridgehead atoms. The lowest BCUT2D eigenvalue weighted by Gasteiger charge is -2.41. The van der Waals surface area contributed by atoms with Gasteiger partial charge in [-0.2, -0.15) is 0 Å². The zero-order valence-corrected chi connectivity index (χ0v) is 28.6. The number of benzene rings is 3. The van der Waals surface area contributed by atoms with Gasteiger partial charge in [-0.05, 0) is 101 Å². The summed E-state index contributed by atoms with van der Waals surface area (Å²) in [6.45, 7) is 2.37. The van der Waals surface area contributed by atoms with Gasteiger partial charge in [-0.3, -0.25) is 5.32 Å². The molecule has 3 aromatic carbocycles. The smallest absolute Gasteiger partial charge is 0.125 e. The van der Waals surface area contributed by atoms with Crippen LogP contribution in [0.1, 0.15) is 97.7 Å². The van der Waals surface area contributed by atoms with Crippen LogP contribution in [-0.2, 0) is 0 Å². The van der Waals surface area contributed by atoms with E-state index in [1.165, 1.54) is 51.8 Å². The number of aliphatic imine (C=N–C) groups is 1. The summed E-state index contributed by atoms with van der Waals surface area (Å²) in [7, 11) is 0. The molecule has 6 unspecified atom stereocenters. The number of amidine groups is 1. The maximum absolute atomic E-state index is 5.34. The number of nitrogens with one attached hydrogen (secondary N) is 2. The third-order valence-electron chi connectivity index (χ3n) is 11.9. The lowest BCUT2D eigenvalue weighted by atomic mass is 9.63. The average molecular weight is 642 g/mol. The molecule has 0 fully saturated rings. The van der Waals surface area contributed by atoms with Crippen LogP contribution in [0.3, 0.4) is 0 Å². The predicted molar refractivity (Wildman–Crippen MR) is 204 cm³/mol. The Bertz CT molecular complexity index is 1950. The van der Waals surface area contributed by atoms with Gasteiger partial charge in [-0.1, -0.05) is 140 Å². The van der Waals surface area contributed by atoms with Gasteiger partial charge in [0.2, 0.25) is 0 Å². The molecule has 0 spiro atoms. The minimum Gasteiger partial charge on any atom is -0.354 e. The van der Waals surface area contributed by atoms with Crippen molar-refractivity contribution in [3.8, 4) is 0 Å². The van der Waals surface area contributed by atoms with Crippen molar-refractivity contribution in [3.05, 3.63) is 166 Å². The first-order chi connectivity index (χ1) is 24.2. The topological polar surface area (TPSA) is 36.4 Å². The zero-order valence-electron chi connectivity index (χ0n) is 28.6. The number of allylic oxidation sites excluding steroid dienone is 10. The molecule has 2 N–H and O–H groups in total. The summed E-state index contributed by atoms with van der Waals surface area (Å²) < 4.78 is 0. The molecular weight excluding hydrogens is 595 g/mol. The second kappa shape index (κ2) is 13.1. The minimum atomic E-state index is -0.000587. The number of nitrogens with zero attached hydrogens (tertiary/aromatic N) is 1. The van der Waals surface area contributed by atoms with Gasteiger partial charge < -0.3 is 5.32 Å². The molecule has 9 rings (SSSR count). The van der Waals surface area contributed by atoms with E-state index in [0.29, 0.717) is 23.7 Å². The Morgan fingerprint density at radius 3 is 2.61 bits per heavy atom. The molecule has 0 radical (unpaired) electrons. The Morgan fingerprint density at radius 1 is 0.837 bits per heavy atom. The van der Waals surface area contributed by atoms with Crippen molar-refractivity contribution in [2.45, 2.75) is 76.0 Å². The van der Waals surface area contributed by atoms with E-state index in [0.717, 1.165) is 37.9 Å². The Balaban J connectivity index is 0.998. The third kappa shape index (κ3) is 5.93. The van der Waals surface area contributed by atoms with E-state index in [1.807, 2.05) is 0 Å². The van der Waals surface area contributed by atoms with E-state index < -0.39 is 0 Å². The molecule has 6 aliphatic rings. The molecule has 246 valence electrons. The fraction of sp³-hybridized carbons (Fsp3) is 0.326. The summed E-state index contributed by atoms with van der Waals surface area (Å²) in [5.74, 6) is 3.55. The zero-order chi connectivity index (χ0) is 32.7. The molecule has 1 heterocycles. The normalized spacial score (nSPS) is 30.3. The summed E-state index contributed by atoms with van der Waals surface area (Å²) in [6.07, 6.45) is 27.1. The lowest BCUT2D eigenvalue weighted by molar-refractivity contribution is 0.412. The minimum absolute atomic E-state index is 0.000587. The molecule has 0 saturated heterocycles. The van der Waals surface area contributed by atoms with Crippen molar-refractivity contribution in [1.82, 2.24) is 10.6 Å². The van der Waals surface area contributed by atoms with Crippen molar-refractivity contribution in [1.29, 1.82) is 0 Å². The lowest BCUT2D eigenvalue weighted by Crippen LogP contribution is -2.50. The van der Waals surface area contributed by atoms with Crippen LogP contribution in [0, 0.1) is 17.8 Å². The largest absolute Gasteiger partial charge is 0.354 e. The molecule has 0 aromatic heterocycles. The van der Waals surface area contributed by atoms with Gasteiger partial charge in [0.15, 0.2) is 0 Å². The van der Waals surface area contributed by atoms with Crippen LogP contribution >= 0.6 is 0 Å². The summed E-state index contributed by atoms with van der Waals surface area (Å²) in [4.78, 5) is 5.34. The van der Waals surface area contributed by atoms with Crippen LogP contribution in [0.15, 0.2) is 144 Å². The van der Waals surface area contributed by atoms with E-state index in [2.05, 4.69) is 145 Å². The molecule has 7 atom stereocenters. The molecule has 1 aliphatic heterocycles. The predicted octanol–water partition coefficient (Wildman–Crippen LogP) is 10.6. The van der Waals surface area contributed by atoms with Crippen LogP contribution in [0.5, 0.6) is 0 Å². The van der Waals surface area contributed by atoms with Gasteiger partial charge in [-0.15, -0.1) is 0 Å². The fourth-order valence-electron chi connectivity index (χ4n) is 9.33. The summed E-state index contributed by atoms with van der Waals surface area (Å²) in [5.41, 5.74) is 13.0.